The van der Waals surface area contributed by atoms with Crippen molar-refractivity contribution in [3.63, 3.8) is 0 Å². The fraction of sp³-hybridized carbons (Fsp3) is 0.800. The molecule has 1 atom stereocenters. The number of hydrogen-bond acceptors (Lipinski definition) is 2. The standard InChI is InChI=1S/C10H20N2O3/c1-5-8(9(13)14)6-11-10(15)12(4)7(2)3/h7-8H,5-6H2,1-4H3,(H,11,15)(H,13,14). The van der Waals surface area contributed by atoms with E-state index in [9.17, 15) is 9.59 Å². The lowest BCUT2D eigenvalue weighted by Crippen LogP contribution is -2.43. The van der Waals surface area contributed by atoms with E-state index in [1.165, 1.54) is 4.90 Å². The second-order valence-electron chi connectivity index (χ2n) is 3.83. The van der Waals surface area contributed by atoms with E-state index in [2.05, 4.69) is 5.32 Å². The molecule has 0 saturated carbocycles. The molecule has 0 aliphatic carbocycles. The molecule has 0 aromatic rings. The van der Waals surface area contributed by atoms with Crippen molar-refractivity contribution < 1.29 is 14.7 Å². The number of aliphatic carboxylic acids is 1. The molecule has 0 heterocycles. The molecule has 0 spiro atoms. The van der Waals surface area contributed by atoms with Crippen molar-refractivity contribution in [3.05, 3.63) is 0 Å². The van der Waals surface area contributed by atoms with E-state index < -0.39 is 11.9 Å². The van der Waals surface area contributed by atoms with E-state index in [4.69, 9.17) is 5.11 Å². The van der Waals surface area contributed by atoms with Gasteiger partial charge in [-0.3, -0.25) is 4.79 Å². The number of amides is 2. The Labute approximate surface area is 90.5 Å². The first-order valence-electron chi connectivity index (χ1n) is 5.13. The maximum absolute atomic E-state index is 11.4. The first-order chi connectivity index (χ1) is 6.90. The molecular weight excluding hydrogens is 196 g/mol. The highest BCUT2D eigenvalue weighted by Crippen LogP contribution is 2.01. The van der Waals surface area contributed by atoms with Crippen LogP contribution in [0.2, 0.25) is 0 Å². The van der Waals surface area contributed by atoms with Crippen LogP contribution in [0.5, 0.6) is 0 Å². The molecule has 2 amide bonds. The van der Waals surface area contributed by atoms with Gasteiger partial charge in [0.15, 0.2) is 0 Å². The summed E-state index contributed by atoms with van der Waals surface area (Å²) in [5.74, 6) is -1.38. The number of urea groups is 1. The van der Waals surface area contributed by atoms with Gasteiger partial charge in [-0.1, -0.05) is 6.92 Å². The molecule has 0 radical (unpaired) electrons. The van der Waals surface area contributed by atoms with Crippen LogP contribution in [0.3, 0.4) is 0 Å². The van der Waals surface area contributed by atoms with Crippen LogP contribution in [-0.4, -0.2) is 41.6 Å². The molecule has 5 heteroatoms. The number of hydrogen-bond donors (Lipinski definition) is 2. The summed E-state index contributed by atoms with van der Waals surface area (Å²) in [7, 11) is 1.68. The van der Waals surface area contributed by atoms with Crippen LogP contribution in [-0.2, 0) is 4.79 Å². The molecule has 88 valence electrons. The molecule has 0 fully saturated rings. The van der Waals surface area contributed by atoms with Crippen molar-refractivity contribution in [2.45, 2.75) is 33.2 Å². The minimum absolute atomic E-state index is 0.106. The fourth-order valence-electron chi connectivity index (χ4n) is 0.976. The van der Waals surface area contributed by atoms with Crippen molar-refractivity contribution >= 4 is 12.0 Å². The van der Waals surface area contributed by atoms with Gasteiger partial charge in [0.05, 0.1) is 5.92 Å². The van der Waals surface area contributed by atoms with E-state index in [0.717, 1.165) is 0 Å². The monoisotopic (exact) mass is 216 g/mol. The van der Waals surface area contributed by atoms with E-state index >= 15 is 0 Å². The molecular formula is C10H20N2O3. The summed E-state index contributed by atoms with van der Waals surface area (Å²) in [5, 5.41) is 11.4. The lowest BCUT2D eigenvalue weighted by Gasteiger charge is -2.22. The molecule has 5 nitrogen and oxygen atoms in total. The summed E-state index contributed by atoms with van der Waals surface area (Å²) < 4.78 is 0. The molecule has 1 unspecified atom stereocenters. The molecule has 0 bridgehead atoms. The van der Waals surface area contributed by atoms with Crippen LogP contribution in [0.1, 0.15) is 27.2 Å². The van der Waals surface area contributed by atoms with E-state index in [1.807, 2.05) is 13.8 Å². The predicted octanol–water partition coefficient (Wildman–Crippen LogP) is 1.15. The van der Waals surface area contributed by atoms with Gasteiger partial charge in [0, 0.05) is 19.6 Å². The third kappa shape index (κ3) is 4.67. The van der Waals surface area contributed by atoms with Gasteiger partial charge < -0.3 is 15.3 Å². The smallest absolute Gasteiger partial charge is 0.317 e. The third-order valence-electron chi connectivity index (χ3n) is 2.44. The largest absolute Gasteiger partial charge is 0.481 e. The number of carbonyl (C=O) groups excluding carboxylic acids is 1. The molecule has 15 heavy (non-hydrogen) atoms. The summed E-state index contributed by atoms with van der Waals surface area (Å²) in [6, 6.07) is -0.125. The number of nitrogens with zero attached hydrogens (tertiary/aromatic N) is 1. The van der Waals surface area contributed by atoms with Crippen molar-refractivity contribution in [1.82, 2.24) is 10.2 Å². The van der Waals surface area contributed by atoms with Gasteiger partial charge in [0.25, 0.3) is 0 Å². The van der Waals surface area contributed by atoms with Gasteiger partial charge in [-0.2, -0.15) is 0 Å². The quantitative estimate of drug-likeness (QED) is 0.724. The first kappa shape index (κ1) is 13.7. The highest BCUT2D eigenvalue weighted by molar-refractivity contribution is 5.76. The molecule has 0 aromatic heterocycles. The SMILES string of the molecule is CCC(CNC(=O)N(C)C(C)C)C(=O)O. The Bertz CT molecular complexity index is 229. The Hall–Kier alpha value is -1.26. The Morgan fingerprint density at radius 2 is 1.93 bits per heavy atom. The van der Waals surface area contributed by atoms with Crippen molar-refractivity contribution in [2.24, 2.45) is 5.92 Å². The van der Waals surface area contributed by atoms with Crippen molar-refractivity contribution in [2.75, 3.05) is 13.6 Å². The molecule has 0 aliphatic heterocycles. The van der Waals surface area contributed by atoms with Crippen LogP contribution < -0.4 is 5.32 Å². The summed E-state index contributed by atoms with van der Waals surface area (Å²) >= 11 is 0. The van der Waals surface area contributed by atoms with Crippen LogP contribution >= 0.6 is 0 Å². The normalized spacial score (nSPS) is 12.3. The Morgan fingerprint density at radius 3 is 2.27 bits per heavy atom. The molecule has 0 aromatic carbocycles. The number of carboxylic acids is 1. The fourth-order valence-corrected chi connectivity index (χ4v) is 0.976. The van der Waals surface area contributed by atoms with Crippen LogP contribution in [0, 0.1) is 5.92 Å². The number of nitrogens with one attached hydrogen (secondary N) is 1. The molecule has 0 aliphatic rings. The lowest BCUT2D eigenvalue weighted by molar-refractivity contribution is -0.141. The van der Waals surface area contributed by atoms with Crippen molar-refractivity contribution in [3.8, 4) is 0 Å². The van der Waals surface area contributed by atoms with Crippen LogP contribution in [0.25, 0.3) is 0 Å². The third-order valence-corrected chi connectivity index (χ3v) is 2.44. The van der Waals surface area contributed by atoms with E-state index in [-0.39, 0.29) is 18.6 Å². The van der Waals surface area contributed by atoms with E-state index in [1.54, 1.807) is 14.0 Å². The van der Waals surface area contributed by atoms with Gasteiger partial charge in [-0.15, -0.1) is 0 Å². The lowest BCUT2D eigenvalue weighted by atomic mass is 10.1. The maximum atomic E-state index is 11.4. The number of rotatable bonds is 5. The number of carbonyl (C=O) groups is 2. The highest BCUT2D eigenvalue weighted by Gasteiger charge is 2.17. The second kappa shape index (κ2) is 6.27. The zero-order chi connectivity index (χ0) is 12.0. The summed E-state index contributed by atoms with van der Waals surface area (Å²) in [6.45, 7) is 5.76. The maximum Gasteiger partial charge on any atom is 0.317 e. The van der Waals surface area contributed by atoms with E-state index in [0.29, 0.717) is 6.42 Å². The molecule has 2 N–H and O–H groups in total. The first-order valence-corrected chi connectivity index (χ1v) is 5.13. The van der Waals surface area contributed by atoms with Gasteiger partial charge in [-0.05, 0) is 20.3 Å². The van der Waals surface area contributed by atoms with Gasteiger partial charge in [0.1, 0.15) is 0 Å². The second-order valence-corrected chi connectivity index (χ2v) is 3.83. The topological polar surface area (TPSA) is 69.6 Å². The van der Waals surface area contributed by atoms with Crippen LogP contribution in [0.15, 0.2) is 0 Å². The molecule has 0 saturated heterocycles. The van der Waals surface area contributed by atoms with Crippen LogP contribution in [0.4, 0.5) is 4.79 Å². The summed E-state index contributed by atoms with van der Waals surface area (Å²) in [4.78, 5) is 23.7. The summed E-state index contributed by atoms with van der Waals surface area (Å²) in [6.07, 6.45) is 0.515. The zero-order valence-electron chi connectivity index (χ0n) is 9.78. The Kier molecular flexibility index (Phi) is 5.74. The Balaban J connectivity index is 4.04. The average molecular weight is 216 g/mol. The Morgan fingerprint density at radius 1 is 1.40 bits per heavy atom. The average Bonchev–Trinajstić information content (AvgIpc) is 2.16. The summed E-state index contributed by atoms with van der Waals surface area (Å²) in [5.41, 5.74) is 0. The zero-order valence-corrected chi connectivity index (χ0v) is 9.78. The minimum Gasteiger partial charge on any atom is -0.481 e. The number of carboxylic acid groups (broad SMARTS) is 1. The minimum atomic E-state index is -0.870. The molecule has 0 rings (SSSR count). The van der Waals surface area contributed by atoms with Gasteiger partial charge in [0.2, 0.25) is 0 Å². The van der Waals surface area contributed by atoms with Gasteiger partial charge in [-0.25, -0.2) is 4.79 Å². The highest BCUT2D eigenvalue weighted by atomic mass is 16.4. The van der Waals surface area contributed by atoms with Gasteiger partial charge >= 0.3 is 12.0 Å². The van der Waals surface area contributed by atoms with Crippen molar-refractivity contribution in [1.29, 1.82) is 0 Å². The predicted molar refractivity (Wildman–Crippen MR) is 57.7 cm³/mol.